The Balaban J connectivity index is 1.66. The van der Waals surface area contributed by atoms with E-state index in [1.54, 1.807) is 0 Å². The molecule has 0 radical (unpaired) electrons. The van der Waals surface area contributed by atoms with Gasteiger partial charge in [-0.1, -0.05) is 30.3 Å². The molecule has 1 aliphatic heterocycles. The number of hydrogen-bond donors (Lipinski definition) is 1. The van der Waals surface area contributed by atoms with Crippen molar-refractivity contribution >= 4 is 0 Å². The normalized spacial score (nSPS) is 34.2. The van der Waals surface area contributed by atoms with Gasteiger partial charge in [0, 0.05) is 25.7 Å². The highest BCUT2D eigenvalue weighted by Gasteiger charge is 2.39. The fourth-order valence-corrected chi connectivity index (χ4v) is 3.33. The van der Waals surface area contributed by atoms with Crippen molar-refractivity contribution in [1.82, 2.24) is 4.90 Å². The maximum Gasteiger partial charge on any atom is 0.0233 e. The summed E-state index contributed by atoms with van der Waals surface area (Å²) in [6.45, 7) is 3.50. The Morgan fingerprint density at radius 3 is 2.31 bits per heavy atom. The number of nitrogens with two attached hydrogens (primary N) is 1. The number of piperidine rings is 1. The van der Waals surface area contributed by atoms with Crippen LogP contribution in [0.1, 0.15) is 18.4 Å². The second-order valence-corrected chi connectivity index (χ2v) is 5.35. The molecule has 2 N–H and O–H groups in total. The number of hydrogen-bond acceptors (Lipinski definition) is 2. The second kappa shape index (κ2) is 4.19. The van der Waals surface area contributed by atoms with Gasteiger partial charge in [0.2, 0.25) is 0 Å². The van der Waals surface area contributed by atoms with Crippen LogP contribution < -0.4 is 5.73 Å². The molecule has 16 heavy (non-hydrogen) atoms. The van der Waals surface area contributed by atoms with E-state index in [9.17, 15) is 0 Å². The molecular formula is C14H20N2. The topological polar surface area (TPSA) is 29.3 Å². The minimum Gasteiger partial charge on any atom is -0.327 e. The zero-order valence-corrected chi connectivity index (χ0v) is 9.68. The summed E-state index contributed by atoms with van der Waals surface area (Å²) in [6, 6.07) is 11.2. The predicted molar refractivity (Wildman–Crippen MR) is 65.9 cm³/mol. The van der Waals surface area contributed by atoms with Crippen molar-refractivity contribution < 1.29 is 0 Å². The Kier molecular flexibility index (Phi) is 2.70. The highest BCUT2D eigenvalue weighted by Crippen LogP contribution is 2.35. The molecule has 1 aromatic carbocycles. The number of benzene rings is 1. The minimum absolute atomic E-state index is 0.479. The van der Waals surface area contributed by atoms with E-state index in [0.29, 0.717) is 6.04 Å². The summed E-state index contributed by atoms with van der Waals surface area (Å²) in [7, 11) is 0. The van der Waals surface area contributed by atoms with Crippen LogP contribution in [-0.2, 0) is 6.54 Å². The average Bonchev–Trinajstić information content (AvgIpc) is 2.54. The summed E-state index contributed by atoms with van der Waals surface area (Å²) in [5.41, 5.74) is 7.64. The first kappa shape index (κ1) is 10.3. The first-order valence-electron chi connectivity index (χ1n) is 6.35. The van der Waals surface area contributed by atoms with Crippen LogP contribution in [0.15, 0.2) is 30.3 Å². The van der Waals surface area contributed by atoms with Crippen LogP contribution in [0.25, 0.3) is 0 Å². The first-order chi connectivity index (χ1) is 7.83. The zero-order chi connectivity index (χ0) is 11.0. The molecule has 0 amide bonds. The van der Waals surface area contributed by atoms with Gasteiger partial charge in [0.25, 0.3) is 0 Å². The van der Waals surface area contributed by atoms with E-state index in [2.05, 4.69) is 35.2 Å². The summed E-state index contributed by atoms with van der Waals surface area (Å²) >= 11 is 0. The lowest BCUT2D eigenvalue weighted by atomic mass is 9.93. The van der Waals surface area contributed by atoms with Crippen LogP contribution in [0.5, 0.6) is 0 Å². The molecule has 0 aromatic heterocycles. The van der Waals surface area contributed by atoms with Gasteiger partial charge in [-0.05, 0) is 30.2 Å². The molecule has 2 aliphatic rings. The van der Waals surface area contributed by atoms with Crippen molar-refractivity contribution in [2.75, 3.05) is 13.1 Å². The molecular weight excluding hydrogens is 196 g/mol. The summed E-state index contributed by atoms with van der Waals surface area (Å²) in [6.07, 6.45) is 2.69. The smallest absolute Gasteiger partial charge is 0.0233 e. The maximum atomic E-state index is 6.21. The van der Waals surface area contributed by atoms with Crippen LogP contribution in [0.2, 0.25) is 0 Å². The third-order valence-corrected chi connectivity index (χ3v) is 4.23. The van der Waals surface area contributed by atoms with Gasteiger partial charge in [-0.2, -0.15) is 0 Å². The van der Waals surface area contributed by atoms with Gasteiger partial charge < -0.3 is 5.73 Å². The largest absolute Gasteiger partial charge is 0.327 e. The van der Waals surface area contributed by atoms with Crippen molar-refractivity contribution in [2.24, 2.45) is 17.6 Å². The summed E-state index contributed by atoms with van der Waals surface area (Å²) in [5.74, 6) is 1.50. The van der Waals surface area contributed by atoms with Crippen LogP contribution >= 0.6 is 0 Å². The SMILES string of the molecule is N[C@@H]1C2CC[C@H]1CN(Cc1ccccc1)C2. The average molecular weight is 216 g/mol. The molecule has 2 fully saturated rings. The molecule has 3 rings (SSSR count). The molecule has 1 aromatic rings. The van der Waals surface area contributed by atoms with Crippen LogP contribution in [0.3, 0.4) is 0 Å². The van der Waals surface area contributed by atoms with Gasteiger partial charge in [-0.3, -0.25) is 4.90 Å². The summed E-state index contributed by atoms with van der Waals surface area (Å²) < 4.78 is 0. The third-order valence-electron chi connectivity index (χ3n) is 4.23. The molecule has 2 heteroatoms. The number of likely N-dealkylation sites (tertiary alicyclic amines) is 1. The van der Waals surface area contributed by atoms with Crippen molar-refractivity contribution in [3.05, 3.63) is 35.9 Å². The van der Waals surface area contributed by atoms with Gasteiger partial charge in [0.05, 0.1) is 0 Å². The van der Waals surface area contributed by atoms with E-state index in [-0.39, 0.29) is 0 Å². The fourth-order valence-electron chi connectivity index (χ4n) is 3.33. The molecule has 2 bridgehead atoms. The molecule has 3 atom stereocenters. The molecule has 1 saturated heterocycles. The molecule has 1 aliphatic carbocycles. The Morgan fingerprint density at radius 1 is 1.06 bits per heavy atom. The lowest BCUT2D eigenvalue weighted by molar-refractivity contribution is 0.140. The Hall–Kier alpha value is -0.860. The van der Waals surface area contributed by atoms with Crippen molar-refractivity contribution in [3.8, 4) is 0 Å². The number of nitrogens with zero attached hydrogens (tertiary/aromatic N) is 1. The van der Waals surface area contributed by atoms with Gasteiger partial charge >= 0.3 is 0 Å². The van der Waals surface area contributed by atoms with Crippen LogP contribution in [-0.4, -0.2) is 24.0 Å². The Labute approximate surface area is 97.4 Å². The molecule has 1 heterocycles. The lowest BCUT2D eigenvalue weighted by Crippen LogP contribution is -2.48. The van der Waals surface area contributed by atoms with E-state index in [0.717, 1.165) is 18.4 Å². The third kappa shape index (κ3) is 1.87. The van der Waals surface area contributed by atoms with Gasteiger partial charge in [-0.25, -0.2) is 0 Å². The van der Waals surface area contributed by atoms with Crippen molar-refractivity contribution in [1.29, 1.82) is 0 Å². The molecule has 2 nitrogen and oxygen atoms in total. The van der Waals surface area contributed by atoms with E-state index in [1.165, 1.54) is 31.5 Å². The van der Waals surface area contributed by atoms with Crippen LogP contribution in [0, 0.1) is 11.8 Å². The molecule has 0 spiro atoms. The Morgan fingerprint density at radius 2 is 1.69 bits per heavy atom. The van der Waals surface area contributed by atoms with Crippen LogP contribution in [0.4, 0.5) is 0 Å². The zero-order valence-electron chi connectivity index (χ0n) is 9.68. The minimum atomic E-state index is 0.479. The fraction of sp³-hybridized carbons (Fsp3) is 0.571. The first-order valence-corrected chi connectivity index (χ1v) is 6.35. The number of fused-ring (bicyclic) bond motifs is 2. The van der Waals surface area contributed by atoms with E-state index >= 15 is 0 Å². The highest BCUT2D eigenvalue weighted by molar-refractivity contribution is 5.14. The lowest BCUT2D eigenvalue weighted by Gasteiger charge is -2.36. The van der Waals surface area contributed by atoms with Crippen molar-refractivity contribution in [3.63, 3.8) is 0 Å². The highest BCUT2D eigenvalue weighted by atomic mass is 15.2. The standard InChI is InChI=1S/C14H20N2/c15-14-12-6-7-13(14)10-16(9-12)8-11-4-2-1-3-5-11/h1-5,12-14H,6-10,15H2/t12-,13?,14-/m0/s1. The van der Waals surface area contributed by atoms with Gasteiger partial charge in [0.15, 0.2) is 0 Å². The van der Waals surface area contributed by atoms with E-state index < -0.39 is 0 Å². The molecule has 1 unspecified atom stereocenters. The summed E-state index contributed by atoms with van der Waals surface area (Å²) in [4.78, 5) is 2.58. The van der Waals surface area contributed by atoms with Crippen molar-refractivity contribution in [2.45, 2.75) is 25.4 Å². The monoisotopic (exact) mass is 216 g/mol. The predicted octanol–water partition coefficient (Wildman–Crippen LogP) is 1.86. The molecule has 86 valence electrons. The summed E-state index contributed by atoms with van der Waals surface area (Å²) in [5, 5.41) is 0. The van der Waals surface area contributed by atoms with E-state index in [1.807, 2.05) is 0 Å². The van der Waals surface area contributed by atoms with Gasteiger partial charge in [-0.15, -0.1) is 0 Å². The Bertz CT molecular complexity index is 335. The number of rotatable bonds is 2. The second-order valence-electron chi connectivity index (χ2n) is 5.35. The maximum absolute atomic E-state index is 6.21. The van der Waals surface area contributed by atoms with Gasteiger partial charge in [0.1, 0.15) is 0 Å². The molecule has 1 saturated carbocycles. The quantitative estimate of drug-likeness (QED) is 0.817. The van der Waals surface area contributed by atoms with E-state index in [4.69, 9.17) is 5.73 Å².